The van der Waals surface area contributed by atoms with Crippen molar-refractivity contribution in [1.82, 2.24) is 5.16 Å². The van der Waals surface area contributed by atoms with E-state index < -0.39 is 0 Å². The van der Waals surface area contributed by atoms with Crippen molar-refractivity contribution in [2.45, 2.75) is 6.54 Å². The highest BCUT2D eigenvalue weighted by molar-refractivity contribution is 6.43. The van der Waals surface area contributed by atoms with E-state index in [1.54, 1.807) is 18.3 Å². The lowest BCUT2D eigenvalue weighted by molar-refractivity contribution is 0.431. The minimum absolute atomic E-state index is 0.349. The van der Waals surface area contributed by atoms with E-state index >= 15 is 0 Å². The van der Waals surface area contributed by atoms with Crippen LogP contribution in [0.4, 0.5) is 0 Å². The molecule has 0 amide bonds. The van der Waals surface area contributed by atoms with Crippen LogP contribution in [0.2, 0.25) is 10.0 Å². The minimum Gasteiger partial charge on any atom is -0.356 e. The van der Waals surface area contributed by atoms with Crippen molar-refractivity contribution in [2.24, 2.45) is 5.73 Å². The van der Waals surface area contributed by atoms with Crippen molar-refractivity contribution in [3.8, 4) is 11.3 Å². The van der Waals surface area contributed by atoms with Crippen LogP contribution in [0.25, 0.3) is 11.3 Å². The second-order valence-electron chi connectivity index (χ2n) is 2.99. The Hall–Kier alpha value is -1.03. The van der Waals surface area contributed by atoms with E-state index in [1.807, 2.05) is 6.07 Å². The van der Waals surface area contributed by atoms with Crippen LogP contribution in [0.15, 0.2) is 28.9 Å². The molecule has 0 atom stereocenters. The lowest BCUT2D eigenvalue weighted by Crippen LogP contribution is -1.96. The molecule has 0 spiro atoms. The van der Waals surface area contributed by atoms with E-state index in [1.165, 1.54) is 0 Å². The first kappa shape index (κ1) is 10.5. The largest absolute Gasteiger partial charge is 0.356 e. The predicted molar refractivity (Wildman–Crippen MR) is 59.9 cm³/mol. The van der Waals surface area contributed by atoms with Crippen molar-refractivity contribution in [1.29, 1.82) is 0 Å². The SMILES string of the molecule is NCc1cnoc1-c1cccc(Cl)c1Cl. The van der Waals surface area contributed by atoms with Crippen LogP contribution in [-0.4, -0.2) is 5.16 Å². The van der Waals surface area contributed by atoms with Crippen LogP contribution in [0.3, 0.4) is 0 Å². The van der Waals surface area contributed by atoms with Gasteiger partial charge in [-0.2, -0.15) is 0 Å². The Morgan fingerprint density at radius 3 is 2.87 bits per heavy atom. The van der Waals surface area contributed by atoms with Gasteiger partial charge >= 0.3 is 0 Å². The lowest BCUT2D eigenvalue weighted by Gasteiger charge is -2.03. The Morgan fingerprint density at radius 1 is 1.33 bits per heavy atom. The molecule has 0 unspecified atom stereocenters. The first-order chi connectivity index (χ1) is 7.24. The fourth-order valence-electron chi connectivity index (χ4n) is 1.31. The van der Waals surface area contributed by atoms with E-state index in [0.717, 1.165) is 5.56 Å². The summed E-state index contributed by atoms with van der Waals surface area (Å²) in [5.74, 6) is 0.574. The number of rotatable bonds is 2. The lowest BCUT2D eigenvalue weighted by atomic mass is 10.1. The van der Waals surface area contributed by atoms with Gasteiger partial charge in [-0.15, -0.1) is 0 Å². The van der Waals surface area contributed by atoms with Gasteiger partial charge in [-0.1, -0.05) is 34.4 Å². The molecule has 0 saturated carbocycles. The normalized spacial score (nSPS) is 10.6. The third-order valence-corrected chi connectivity index (χ3v) is 2.88. The molecule has 0 fully saturated rings. The van der Waals surface area contributed by atoms with Crippen LogP contribution in [0.5, 0.6) is 0 Å². The van der Waals surface area contributed by atoms with Gasteiger partial charge in [0.2, 0.25) is 0 Å². The smallest absolute Gasteiger partial charge is 0.172 e. The Morgan fingerprint density at radius 2 is 2.13 bits per heavy atom. The topological polar surface area (TPSA) is 52.0 Å². The molecule has 0 aliphatic carbocycles. The fraction of sp³-hybridized carbons (Fsp3) is 0.100. The van der Waals surface area contributed by atoms with E-state index in [9.17, 15) is 0 Å². The molecule has 0 bridgehead atoms. The zero-order chi connectivity index (χ0) is 10.8. The summed E-state index contributed by atoms with van der Waals surface area (Å²) in [6.45, 7) is 0.349. The molecule has 3 nitrogen and oxygen atoms in total. The van der Waals surface area contributed by atoms with Crippen molar-refractivity contribution in [3.05, 3.63) is 40.0 Å². The molecule has 15 heavy (non-hydrogen) atoms. The fourth-order valence-corrected chi connectivity index (χ4v) is 1.69. The Bertz CT molecular complexity index is 482. The molecule has 0 aliphatic rings. The van der Waals surface area contributed by atoms with Gasteiger partial charge < -0.3 is 10.3 Å². The van der Waals surface area contributed by atoms with Gasteiger partial charge in [0.1, 0.15) is 0 Å². The van der Waals surface area contributed by atoms with E-state index in [2.05, 4.69) is 5.16 Å². The molecule has 78 valence electrons. The molecular formula is C10H8Cl2N2O. The Kier molecular flexibility index (Phi) is 2.95. The van der Waals surface area contributed by atoms with Gasteiger partial charge in [-0.25, -0.2) is 0 Å². The third-order valence-electron chi connectivity index (χ3n) is 2.06. The number of nitrogens with two attached hydrogens (primary N) is 1. The molecular weight excluding hydrogens is 235 g/mol. The van der Waals surface area contributed by atoms with Crippen LogP contribution < -0.4 is 5.73 Å². The summed E-state index contributed by atoms with van der Waals surface area (Å²) in [5, 5.41) is 4.61. The molecule has 2 N–H and O–H groups in total. The van der Waals surface area contributed by atoms with Gasteiger partial charge in [-0.3, -0.25) is 0 Å². The number of hydrogen-bond donors (Lipinski definition) is 1. The van der Waals surface area contributed by atoms with Crippen molar-refractivity contribution in [3.63, 3.8) is 0 Å². The third kappa shape index (κ3) is 1.86. The first-order valence-corrected chi connectivity index (χ1v) is 5.07. The minimum atomic E-state index is 0.349. The maximum absolute atomic E-state index is 6.05. The molecule has 1 heterocycles. The van der Waals surface area contributed by atoms with Crippen LogP contribution >= 0.6 is 23.2 Å². The number of nitrogens with zero attached hydrogens (tertiary/aromatic N) is 1. The molecule has 0 saturated heterocycles. The van der Waals surface area contributed by atoms with E-state index in [4.69, 9.17) is 33.5 Å². The van der Waals surface area contributed by atoms with Crippen LogP contribution in [0.1, 0.15) is 5.56 Å². The molecule has 2 rings (SSSR count). The summed E-state index contributed by atoms with van der Waals surface area (Å²) in [4.78, 5) is 0. The molecule has 0 aliphatic heterocycles. The van der Waals surface area contributed by atoms with E-state index in [-0.39, 0.29) is 0 Å². The first-order valence-electron chi connectivity index (χ1n) is 4.32. The summed E-state index contributed by atoms with van der Waals surface area (Å²) in [6.07, 6.45) is 1.58. The number of aromatic nitrogens is 1. The zero-order valence-corrected chi connectivity index (χ0v) is 9.22. The molecule has 5 heteroatoms. The number of hydrogen-bond acceptors (Lipinski definition) is 3. The standard InChI is InChI=1S/C10H8Cl2N2O/c11-8-3-1-2-7(9(8)12)10-6(4-13)5-14-15-10/h1-3,5H,4,13H2. The number of halogens is 2. The van der Waals surface area contributed by atoms with Crippen LogP contribution in [0, 0.1) is 0 Å². The summed E-state index contributed by atoms with van der Waals surface area (Å²) >= 11 is 12.0. The average molecular weight is 243 g/mol. The summed E-state index contributed by atoms with van der Waals surface area (Å²) in [6, 6.07) is 5.33. The van der Waals surface area contributed by atoms with Gasteiger partial charge in [-0.05, 0) is 12.1 Å². The molecule has 0 radical (unpaired) electrons. The maximum atomic E-state index is 6.05. The second kappa shape index (κ2) is 4.23. The van der Waals surface area contributed by atoms with Gasteiger partial charge in [0, 0.05) is 17.7 Å². The maximum Gasteiger partial charge on any atom is 0.172 e. The highest BCUT2D eigenvalue weighted by Gasteiger charge is 2.14. The van der Waals surface area contributed by atoms with E-state index in [0.29, 0.717) is 27.9 Å². The Labute approximate surface area is 96.8 Å². The average Bonchev–Trinajstić information content (AvgIpc) is 2.70. The Balaban J connectivity index is 2.59. The molecule has 1 aromatic heterocycles. The monoisotopic (exact) mass is 242 g/mol. The summed E-state index contributed by atoms with van der Waals surface area (Å²) < 4.78 is 5.10. The summed E-state index contributed by atoms with van der Waals surface area (Å²) in [7, 11) is 0. The van der Waals surface area contributed by atoms with Crippen LogP contribution in [-0.2, 0) is 6.54 Å². The second-order valence-corrected chi connectivity index (χ2v) is 3.77. The van der Waals surface area contributed by atoms with Crippen molar-refractivity contribution >= 4 is 23.2 Å². The van der Waals surface area contributed by atoms with Gasteiger partial charge in [0.05, 0.1) is 16.2 Å². The number of benzene rings is 1. The highest BCUT2D eigenvalue weighted by Crippen LogP contribution is 2.34. The molecule has 2 aromatic rings. The molecule has 1 aromatic carbocycles. The highest BCUT2D eigenvalue weighted by atomic mass is 35.5. The van der Waals surface area contributed by atoms with Crippen molar-refractivity contribution < 1.29 is 4.52 Å². The van der Waals surface area contributed by atoms with Crippen molar-refractivity contribution in [2.75, 3.05) is 0 Å². The van der Waals surface area contributed by atoms with Gasteiger partial charge in [0.15, 0.2) is 5.76 Å². The quantitative estimate of drug-likeness (QED) is 0.881. The zero-order valence-electron chi connectivity index (χ0n) is 7.71. The predicted octanol–water partition coefficient (Wildman–Crippen LogP) is 3.11. The van der Waals surface area contributed by atoms with Gasteiger partial charge in [0.25, 0.3) is 0 Å². The summed E-state index contributed by atoms with van der Waals surface area (Å²) in [5.41, 5.74) is 7.06.